The zero-order valence-corrected chi connectivity index (χ0v) is 14.8. The van der Waals surface area contributed by atoms with Crippen molar-refractivity contribution in [2.45, 2.75) is 13.8 Å². The number of amides is 1. The van der Waals surface area contributed by atoms with E-state index in [4.69, 9.17) is 5.73 Å². The van der Waals surface area contributed by atoms with Crippen LogP contribution in [0.1, 0.15) is 12.5 Å². The average molecular weight is 349 g/mol. The van der Waals surface area contributed by atoms with E-state index in [-0.39, 0.29) is 30.7 Å². The molecule has 0 saturated carbocycles. The Kier molecular flexibility index (Phi) is 9.44. The molecule has 126 valence electrons. The maximum absolute atomic E-state index is 12.1. The molecule has 1 amide bonds. The molecule has 0 unspecified atom stereocenters. The van der Waals surface area contributed by atoms with Gasteiger partial charge in [-0.1, -0.05) is 13.0 Å². The van der Waals surface area contributed by atoms with Gasteiger partial charge in [0, 0.05) is 37.6 Å². The number of benzene rings is 1. The Morgan fingerprint density at radius 1 is 1.18 bits per heavy atom. The third-order valence-electron chi connectivity index (χ3n) is 3.82. The van der Waals surface area contributed by atoms with Crippen LogP contribution in [0.5, 0.6) is 0 Å². The fourth-order valence-electron chi connectivity index (χ4n) is 2.43. The number of carbonyl (C=O) groups excluding carboxylic acids is 1. The van der Waals surface area contributed by atoms with Gasteiger partial charge in [0.05, 0.1) is 6.54 Å². The second-order valence-corrected chi connectivity index (χ2v) is 5.33. The molecule has 1 aromatic rings. The molecule has 1 aliphatic heterocycles. The summed E-state index contributed by atoms with van der Waals surface area (Å²) in [6.07, 6.45) is 0. The molecular weight excluding hydrogens is 323 g/mol. The van der Waals surface area contributed by atoms with Gasteiger partial charge in [-0.2, -0.15) is 0 Å². The highest BCUT2D eigenvalue weighted by atomic mass is 35.5. The summed E-state index contributed by atoms with van der Waals surface area (Å²) in [5, 5.41) is 2.95. The first-order valence-electron chi connectivity index (χ1n) is 7.19. The molecule has 0 aromatic heterocycles. The number of carbonyl (C=O) groups is 1. The summed E-state index contributed by atoms with van der Waals surface area (Å²) in [5.74, 6) is 0.0312. The van der Waals surface area contributed by atoms with Crippen LogP contribution in [0.4, 0.5) is 11.4 Å². The topological polar surface area (TPSA) is 61.6 Å². The number of nitrogen functional groups attached to an aromatic ring is 1. The molecule has 1 aromatic carbocycles. The molecule has 1 fully saturated rings. The molecular formula is C15H26Cl2N4O. The van der Waals surface area contributed by atoms with Crippen molar-refractivity contribution >= 4 is 42.1 Å². The SMILES string of the molecule is CCN1CCN(CC(=O)Nc2cc(N)ccc2C)CC1.Cl.Cl. The summed E-state index contributed by atoms with van der Waals surface area (Å²) in [5.41, 5.74) is 8.26. The predicted molar refractivity (Wildman–Crippen MR) is 97.3 cm³/mol. The number of piperazine rings is 1. The van der Waals surface area contributed by atoms with Gasteiger partial charge in [0.15, 0.2) is 0 Å². The van der Waals surface area contributed by atoms with Crippen molar-refractivity contribution < 1.29 is 4.79 Å². The second-order valence-electron chi connectivity index (χ2n) is 5.33. The van der Waals surface area contributed by atoms with E-state index in [1.807, 2.05) is 25.1 Å². The van der Waals surface area contributed by atoms with E-state index in [9.17, 15) is 4.79 Å². The van der Waals surface area contributed by atoms with E-state index >= 15 is 0 Å². The summed E-state index contributed by atoms with van der Waals surface area (Å²) in [6.45, 7) is 9.67. The normalized spacial score (nSPS) is 15.5. The van der Waals surface area contributed by atoms with Crippen LogP contribution in [-0.2, 0) is 4.79 Å². The highest BCUT2D eigenvalue weighted by Crippen LogP contribution is 2.18. The van der Waals surface area contributed by atoms with Gasteiger partial charge >= 0.3 is 0 Å². The van der Waals surface area contributed by atoms with Gasteiger partial charge in [-0.3, -0.25) is 9.69 Å². The standard InChI is InChI=1S/C15H24N4O.2ClH/c1-3-18-6-8-19(9-7-18)11-15(20)17-14-10-13(16)5-4-12(14)2;;/h4-5,10H,3,6-9,11,16H2,1-2H3,(H,17,20);2*1H. The number of rotatable bonds is 4. The smallest absolute Gasteiger partial charge is 0.238 e. The van der Waals surface area contributed by atoms with Gasteiger partial charge in [-0.15, -0.1) is 24.8 Å². The summed E-state index contributed by atoms with van der Waals surface area (Å²) in [6, 6.07) is 5.57. The number of nitrogens with zero attached hydrogens (tertiary/aromatic N) is 2. The minimum atomic E-state index is 0. The van der Waals surface area contributed by atoms with E-state index in [0.717, 1.165) is 44.0 Å². The number of halogens is 2. The molecule has 22 heavy (non-hydrogen) atoms. The number of nitrogens with one attached hydrogen (secondary N) is 1. The van der Waals surface area contributed by atoms with Gasteiger partial charge in [-0.25, -0.2) is 0 Å². The third kappa shape index (κ3) is 6.01. The van der Waals surface area contributed by atoms with E-state index in [1.54, 1.807) is 0 Å². The lowest BCUT2D eigenvalue weighted by atomic mass is 10.2. The molecule has 0 bridgehead atoms. The Morgan fingerprint density at radius 3 is 2.36 bits per heavy atom. The number of aryl methyl sites for hydroxylation is 1. The highest BCUT2D eigenvalue weighted by Gasteiger charge is 2.18. The molecule has 5 nitrogen and oxygen atoms in total. The van der Waals surface area contributed by atoms with E-state index < -0.39 is 0 Å². The quantitative estimate of drug-likeness (QED) is 0.817. The minimum absolute atomic E-state index is 0. The highest BCUT2D eigenvalue weighted by molar-refractivity contribution is 5.93. The van der Waals surface area contributed by atoms with Crippen LogP contribution in [0.2, 0.25) is 0 Å². The fourth-order valence-corrected chi connectivity index (χ4v) is 2.43. The molecule has 7 heteroatoms. The molecule has 0 radical (unpaired) electrons. The van der Waals surface area contributed by atoms with Crippen molar-refractivity contribution in [3.8, 4) is 0 Å². The average Bonchev–Trinajstić information content (AvgIpc) is 2.43. The number of hydrogen-bond donors (Lipinski definition) is 2. The van der Waals surface area contributed by atoms with Crippen LogP contribution in [-0.4, -0.2) is 55.0 Å². The van der Waals surface area contributed by atoms with Crippen LogP contribution < -0.4 is 11.1 Å². The lowest BCUT2D eigenvalue weighted by Gasteiger charge is -2.33. The first-order chi connectivity index (χ1) is 9.58. The first kappa shape index (κ1) is 21.0. The Balaban J connectivity index is 0.00000220. The fraction of sp³-hybridized carbons (Fsp3) is 0.533. The molecule has 2 rings (SSSR count). The Morgan fingerprint density at radius 2 is 1.77 bits per heavy atom. The largest absolute Gasteiger partial charge is 0.399 e. The lowest BCUT2D eigenvalue weighted by molar-refractivity contribution is -0.117. The van der Waals surface area contributed by atoms with Gasteiger partial charge in [0.1, 0.15) is 0 Å². The van der Waals surface area contributed by atoms with Crippen molar-refractivity contribution in [3.63, 3.8) is 0 Å². The lowest BCUT2D eigenvalue weighted by Crippen LogP contribution is -2.48. The van der Waals surface area contributed by atoms with Gasteiger partial charge in [0.2, 0.25) is 5.91 Å². The number of hydrogen-bond acceptors (Lipinski definition) is 4. The van der Waals surface area contributed by atoms with E-state index in [2.05, 4.69) is 22.0 Å². The zero-order chi connectivity index (χ0) is 14.5. The number of likely N-dealkylation sites (N-methyl/N-ethyl adjacent to an activating group) is 1. The van der Waals surface area contributed by atoms with E-state index in [0.29, 0.717) is 12.2 Å². The second kappa shape index (κ2) is 9.90. The number of anilines is 2. The van der Waals surface area contributed by atoms with Crippen LogP contribution in [0.3, 0.4) is 0 Å². The summed E-state index contributed by atoms with van der Waals surface area (Å²) < 4.78 is 0. The van der Waals surface area contributed by atoms with Crippen molar-refractivity contribution in [2.75, 3.05) is 50.3 Å². The van der Waals surface area contributed by atoms with Crippen molar-refractivity contribution in [1.82, 2.24) is 9.80 Å². The molecule has 0 aliphatic carbocycles. The van der Waals surface area contributed by atoms with E-state index in [1.165, 1.54) is 0 Å². The van der Waals surface area contributed by atoms with Crippen LogP contribution in [0.15, 0.2) is 18.2 Å². The summed E-state index contributed by atoms with van der Waals surface area (Å²) in [4.78, 5) is 16.7. The Hall–Kier alpha value is -1.01. The molecule has 1 saturated heterocycles. The molecule has 0 spiro atoms. The molecule has 3 N–H and O–H groups in total. The Bertz CT molecular complexity index is 477. The maximum Gasteiger partial charge on any atom is 0.238 e. The summed E-state index contributed by atoms with van der Waals surface area (Å²) >= 11 is 0. The molecule has 1 aliphatic rings. The first-order valence-corrected chi connectivity index (χ1v) is 7.19. The molecule has 0 atom stereocenters. The Labute approximate surface area is 145 Å². The van der Waals surface area contributed by atoms with Crippen molar-refractivity contribution in [2.24, 2.45) is 0 Å². The zero-order valence-electron chi connectivity index (χ0n) is 13.2. The maximum atomic E-state index is 12.1. The van der Waals surface area contributed by atoms with Crippen LogP contribution in [0.25, 0.3) is 0 Å². The van der Waals surface area contributed by atoms with Crippen molar-refractivity contribution in [3.05, 3.63) is 23.8 Å². The number of nitrogens with two attached hydrogens (primary N) is 1. The van der Waals surface area contributed by atoms with Gasteiger partial charge < -0.3 is 16.0 Å². The predicted octanol–water partition coefficient (Wildman–Crippen LogP) is 2.00. The van der Waals surface area contributed by atoms with Gasteiger partial charge in [0.25, 0.3) is 0 Å². The minimum Gasteiger partial charge on any atom is -0.399 e. The molecule has 1 heterocycles. The summed E-state index contributed by atoms with van der Waals surface area (Å²) in [7, 11) is 0. The monoisotopic (exact) mass is 348 g/mol. The third-order valence-corrected chi connectivity index (χ3v) is 3.82. The van der Waals surface area contributed by atoms with Crippen LogP contribution >= 0.6 is 24.8 Å². The van der Waals surface area contributed by atoms with Crippen LogP contribution in [0, 0.1) is 6.92 Å². The van der Waals surface area contributed by atoms with Crippen molar-refractivity contribution in [1.29, 1.82) is 0 Å². The van der Waals surface area contributed by atoms with Gasteiger partial charge in [-0.05, 0) is 31.2 Å².